The van der Waals surface area contributed by atoms with Gasteiger partial charge in [-0.2, -0.15) is 9.40 Å². The molecule has 0 amide bonds. The van der Waals surface area contributed by atoms with Gasteiger partial charge < -0.3 is 5.73 Å². The molecule has 0 atom stereocenters. The summed E-state index contributed by atoms with van der Waals surface area (Å²) < 4.78 is 26.5. The van der Waals surface area contributed by atoms with Gasteiger partial charge in [-0.1, -0.05) is 12.1 Å². The molecule has 0 saturated carbocycles. The van der Waals surface area contributed by atoms with Gasteiger partial charge in [0.15, 0.2) is 0 Å². The lowest BCUT2D eigenvalue weighted by Gasteiger charge is -2.25. The van der Waals surface area contributed by atoms with Crippen molar-refractivity contribution in [2.45, 2.75) is 31.3 Å². The number of nitrogens with zero attached hydrogens (tertiary/aromatic N) is 2. The summed E-state index contributed by atoms with van der Waals surface area (Å²) in [6.07, 6.45) is 2.70. The molecule has 0 fully saturated rings. The van der Waals surface area contributed by atoms with Gasteiger partial charge in [0.25, 0.3) is 0 Å². The molecule has 0 aliphatic heterocycles. The van der Waals surface area contributed by atoms with Crippen molar-refractivity contribution in [1.29, 1.82) is 0 Å². The van der Waals surface area contributed by atoms with Gasteiger partial charge in [-0.15, -0.1) is 0 Å². The lowest BCUT2D eigenvalue weighted by atomic mass is 10.2. The highest BCUT2D eigenvalue weighted by Gasteiger charge is 2.27. The van der Waals surface area contributed by atoms with Gasteiger partial charge in [-0.3, -0.25) is 5.10 Å². The molecule has 0 saturated heterocycles. The van der Waals surface area contributed by atoms with E-state index in [0.717, 1.165) is 5.56 Å². The second-order valence-corrected chi connectivity index (χ2v) is 6.71. The Morgan fingerprint density at radius 3 is 2.45 bits per heavy atom. The second-order valence-electron chi connectivity index (χ2n) is 4.82. The molecule has 0 bridgehead atoms. The topological polar surface area (TPSA) is 92.1 Å². The highest BCUT2D eigenvalue weighted by atomic mass is 32.2. The summed E-state index contributed by atoms with van der Waals surface area (Å²) in [4.78, 5) is 0.168. The van der Waals surface area contributed by atoms with Crippen molar-refractivity contribution in [3.63, 3.8) is 0 Å². The molecule has 7 heteroatoms. The zero-order valence-corrected chi connectivity index (χ0v) is 12.3. The van der Waals surface area contributed by atoms with Crippen LogP contribution in [0.5, 0.6) is 0 Å². The van der Waals surface area contributed by atoms with E-state index in [4.69, 9.17) is 5.73 Å². The molecule has 1 aromatic carbocycles. The Labute approximate surface area is 118 Å². The number of sulfonamides is 1. The zero-order valence-electron chi connectivity index (χ0n) is 11.4. The fourth-order valence-electron chi connectivity index (χ4n) is 1.86. The van der Waals surface area contributed by atoms with Crippen LogP contribution in [0.2, 0.25) is 0 Å². The predicted octanol–water partition coefficient (Wildman–Crippen LogP) is 1.59. The average molecular weight is 294 g/mol. The molecule has 3 N–H and O–H groups in total. The van der Waals surface area contributed by atoms with E-state index >= 15 is 0 Å². The first-order valence-electron chi connectivity index (χ1n) is 6.26. The van der Waals surface area contributed by atoms with E-state index in [1.807, 2.05) is 26.0 Å². The minimum Gasteiger partial charge on any atom is -0.399 e. The molecule has 1 aromatic heterocycles. The van der Waals surface area contributed by atoms with Crippen LogP contribution in [0.1, 0.15) is 19.4 Å². The Morgan fingerprint density at radius 1 is 1.30 bits per heavy atom. The highest BCUT2D eigenvalue weighted by molar-refractivity contribution is 7.89. The minimum atomic E-state index is -3.56. The third-order valence-corrected chi connectivity index (χ3v) is 4.96. The number of H-pyrrole nitrogens is 1. The quantitative estimate of drug-likeness (QED) is 0.819. The predicted molar refractivity (Wildman–Crippen MR) is 77.3 cm³/mol. The summed E-state index contributed by atoms with van der Waals surface area (Å²) in [5.74, 6) is 0. The van der Waals surface area contributed by atoms with Crippen LogP contribution in [0.4, 0.5) is 5.69 Å². The average Bonchev–Trinajstić information content (AvgIpc) is 2.92. The number of hydrogen-bond donors (Lipinski definition) is 2. The van der Waals surface area contributed by atoms with Crippen molar-refractivity contribution in [3.8, 4) is 0 Å². The molecule has 6 nitrogen and oxygen atoms in total. The second kappa shape index (κ2) is 5.64. The van der Waals surface area contributed by atoms with E-state index in [2.05, 4.69) is 10.2 Å². The fraction of sp³-hybridized carbons (Fsp3) is 0.308. The van der Waals surface area contributed by atoms with E-state index in [1.165, 1.54) is 16.7 Å². The standard InChI is InChI=1S/C13H18N4O2S/c1-10(2)17(9-11-3-5-12(14)6-4-11)20(18,19)13-7-15-16-8-13/h3-8,10H,9,14H2,1-2H3,(H,15,16). The molecule has 2 aromatic rings. The van der Waals surface area contributed by atoms with Gasteiger partial charge in [-0.25, -0.2) is 8.42 Å². The van der Waals surface area contributed by atoms with Crippen LogP contribution < -0.4 is 5.73 Å². The third kappa shape index (κ3) is 3.00. The number of anilines is 1. The van der Waals surface area contributed by atoms with Crippen LogP contribution in [0.3, 0.4) is 0 Å². The Balaban J connectivity index is 2.30. The molecule has 2 rings (SSSR count). The van der Waals surface area contributed by atoms with Crippen molar-refractivity contribution in [1.82, 2.24) is 14.5 Å². The maximum Gasteiger partial charge on any atom is 0.246 e. The summed E-state index contributed by atoms with van der Waals surface area (Å²) >= 11 is 0. The van der Waals surface area contributed by atoms with Crippen molar-refractivity contribution in [2.75, 3.05) is 5.73 Å². The van der Waals surface area contributed by atoms with Crippen molar-refractivity contribution in [3.05, 3.63) is 42.2 Å². The lowest BCUT2D eigenvalue weighted by Crippen LogP contribution is -2.36. The summed E-state index contributed by atoms with van der Waals surface area (Å²) in [6, 6.07) is 7.02. The third-order valence-electron chi connectivity index (χ3n) is 2.97. The molecule has 0 unspecified atom stereocenters. The van der Waals surface area contributed by atoms with Crippen LogP contribution in [0, 0.1) is 0 Å². The van der Waals surface area contributed by atoms with Gasteiger partial charge in [0.2, 0.25) is 10.0 Å². The minimum absolute atomic E-state index is 0.160. The van der Waals surface area contributed by atoms with Gasteiger partial charge in [-0.05, 0) is 31.5 Å². The van der Waals surface area contributed by atoms with E-state index in [-0.39, 0.29) is 10.9 Å². The maximum atomic E-state index is 12.5. The highest BCUT2D eigenvalue weighted by Crippen LogP contribution is 2.20. The van der Waals surface area contributed by atoms with Gasteiger partial charge >= 0.3 is 0 Å². The first-order chi connectivity index (χ1) is 9.41. The number of benzene rings is 1. The van der Waals surface area contributed by atoms with Gasteiger partial charge in [0.05, 0.1) is 6.20 Å². The van der Waals surface area contributed by atoms with Crippen LogP contribution in [0.15, 0.2) is 41.6 Å². The molecule has 108 valence electrons. The van der Waals surface area contributed by atoms with Crippen molar-refractivity contribution >= 4 is 15.7 Å². The number of rotatable bonds is 5. The normalized spacial score (nSPS) is 12.2. The molecular formula is C13H18N4O2S. The lowest BCUT2D eigenvalue weighted by molar-refractivity contribution is 0.348. The first kappa shape index (κ1) is 14.5. The van der Waals surface area contributed by atoms with E-state index < -0.39 is 10.0 Å². The number of aromatic amines is 1. The molecule has 20 heavy (non-hydrogen) atoms. The number of hydrogen-bond acceptors (Lipinski definition) is 4. The summed E-state index contributed by atoms with van der Waals surface area (Å²) in [5, 5.41) is 6.23. The fourth-order valence-corrected chi connectivity index (χ4v) is 3.40. The number of aromatic nitrogens is 2. The largest absolute Gasteiger partial charge is 0.399 e. The van der Waals surface area contributed by atoms with E-state index in [9.17, 15) is 8.42 Å². The van der Waals surface area contributed by atoms with E-state index in [1.54, 1.807) is 12.1 Å². The Bertz CT molecular complexity index is 648. The molecule has 0 radical (unpaired) electrons. The maximum absolute atomic E-state index is 12.5. The first-order valence-corrected chi connectivity index (χ1v) is 7.70. The Hall–Kier alpha value is -1.86. The number of nitrogen functional groups attached to an aromatic ring is 1. The molecule has 0 aliphatic rings. The van der Waals surface area contributed by atoms with Crippen LogP contribution >= 0.6 is 0 Å². The molecular weight excluding hydrogens is 276 g/mol. The van der Waals surface area contributed by atoms with Crippen LogP contribution in [0.25, 0.3) is 0 Å². The zero-order chi connectivity index (χ0) is 14.8. The smallest absolute Gasteiger partial charge is 0.246 e. The SMILES string of the molecule is CC(C)N(Cc1ccc(N)cc1)S(=O)(=O)c1cn[nH]c1. The summed E-state index contributed by atoms with van der Waals surface area (Å²) in [5.41, 5.74) is 7.18. The van der Waals surface area contributed by atoms with Crippen molar-refractivity contribution < 1.29 is 8.42 Å². The Kier molecular flexibility index (Phi) is 4.10. The van der Waals surface area contributed by atoms with Crippen molar-refractivity contribution in [2.24, 2.45) is 0 Å². The molecule has 0 spiro atoms. The van der Waals surface area contributed by atoms with E-state index in [0.29, 0.717) is 12.2 Å². The number of nitrogens with two attached hydrogens (primary N) is 1. The monoisotopic (exact) mass is 294 g/mol. The van der Waals surface area contributed by atoms with Crippen LogP contribution in [-0.2, 0) is 16.6 Å². The van der Waals surface area contributed by atoms with Crippen LogP contribution in [-0.4, -0.2) is 29.0 Å². The molecule has 1 heterocycles. The summed E-state index contributed by atoms with van der Waals surface area (Å²) in [6.45, 7) is 3.98. The van der Waals surface area contributed by atoms with Gasteiger partial charge in [0, 0.05) is 24.5 Å². The summed E-state index contributed by atoms with van der Waals surface area (Å²) in [7, 11) is -3.56. The van der Waals surface area contributed by atoms with Gasteiger partial charge in [0.1, 0.15) is 4.90 Å². The number of nitrogens with one attached hydrogen (secondary N) is 1. The Morgan fingerprint density at radius 2 is 1.95 bits per heavy atom. The molecule has 0 aliphatic carbocycles.